The molecule has 2 N–H and O–H groups in total. The van der Waals surface area contributed by atoms with Crippen LogP contribution >= 0.6 is 11.6 Å². The normalized spacial score (nSPS) is 10.2. The molecule has 0 unspecified atom stereocenters. The molecule has 8 heteroatoms. The molecule has 142 valence electrons. The maximum atomic E-state index is 13.7. The smallest absolute Gasteiger partial charge is 0.274 e. The van der Waals surface area contributed by atoms with Crippen LogP contribution in [0.4, 0.5) is 15.8 Å². The Labute approximate surface area is 165 Å². The maximum absolute atomic E-state index is 13.7. The van der Waals surface area contributed by atoms with E-state index in [0.717, 1.165) is 0 Å². The fourth-order valence-electron chi connectivity index (χ4n) is 2.40. The van der Waals surface area contributed by atoms with Gasteiger partial charge in [0.2, 0.25) is 0 Å². The number of rotatable bonds is 5. The Morgan fingerprint density at radius 1 is 0.929 bits per heavy atom. The Hall–Kier alpha value is -3.45. The number of pyridine rings is 1. The van der Waals surface area contributed by atoms with Crippen molar-refractivity contribution < 1.29 is 18.7 Å². The van der Waals surface area contributed by atoms with E-state index >= 15 is 0 Å². The number of halogens is 2. The predicted molar refractivity (Wildman–Crippen MR) is 105 cm³/mol. The summed E-state index contributed by atoms with van der Waals surface area (Å²) in [7, 11) is 1.46. The minimum atomic E-state index is -0.639. The Morgan fingerprint density at radius 3 is 2.21 bits per heavy atom. The molecule has 0 saturated carbocycles. The van der Waals surface area contributed by atoms with Crippen LogP contribution in [-0.4, -0.2) is 23.9 Å². The summed E-state index contributed by atoms with van der Waals surface area (Å²) in [4.78, 5) is 28.9. The van der Waals surface area contributed by atoms with Crippen molar-refractivity contribution in [2.45, 2.75) is 0 Å². The summed E-state index contributed by atoms with van der Waals surface area (Å²) in [5, 5.41) is 5.48. The molecule has 0 aliphatic heterocycles. The van der Waals surface area contributed by atoms with Crippen LogP contribution in [-0.2, 0) is 0 Å². The van der Waals surface area contributed by atoms with E-state index in [2.05, 4.69) is 15.6 Å². The van der Waals surface area contributed by atoms with E-state index in [-0.39, 0.29) is 17.1 Å². The first kappa shape index (κ1) is 19.3. The topological polar surface area (TPSA) is 80.3 Å². The number of anilines is 2. The lowest BCUT2D eigenvalue weighted by atomic mass is 10.2. The van der Waals surface area contributed by atoms with Crippen LogP contribution in [0.3, 0.4) is 0 Å². The highest BCUT2D eigenvalue weighted by atomic mass is 35.5. The predicted octanol–water partition coefficient (Wildman–Crippen LogP) is 4.39. The monoisotopic (exact) mass is 399 g/mol. The summed E-state index contributed by atoms with van der Waals surface area (Å²) in [5.41, 5.74) is 0.355. The molecule has 28 heavy (non-hydrogen) atoms. The highest BCUT2D eigenvalue weighted by Gasteiger charge is 2.15. The van der Waals surface area contributed by atoms with Crippen molar-refractivity contribution in [2.75, 3.05) is 17.7 Å². The minimum absolute atomic E-state index is 0.00297. The van der Waals surface area contributed by atoms with Crippen LogP contribution in [0, 0.1) is 5.82 Å². The summed E-state index contributed by atoms with van der Waals surface area (Å²) >= 11 is 5.95. The van der Waals surface area contributed by atoms with E-state index in [1.54, 1.807) is 18.2 Å². The van der Waals surface area contributed by atoms with Crippen LogP contribution in [0.25, 0.3) is 0 Å². The first-order chi connectivity index (χ1) is 13.5. The number of carbonyl (C=O) groups is 2. The Kier molecular flexibility index (Phi) is 5.86. The zero-order valence-corrected chi connectivity index (χ0v) is 15.5. The van der Waals surface area contributed by atoms with Crippen LogP contribution < -0.4 is 15.4 Å². The largest absolute Gasteiger partial charge is 0.495 e. The first-order valence-corrected chi connectivity index (χ1v) is 8.53. The number of nitrogens with one attached hydrogen (secondary N) is 2. The fraction of sp³-hybridized carbons (Fsp3) is 0.0500. The third-order valence-corrected chi connectivity index (χ3v) is 3.98. The number of ether oxygens (including phenoxy) is 1. The number of methoxy groups -OCH3 is 1. The van der Waals surface area contributed by atoms with E-state index in [0.29, 0.717) is 16.5 Å². The van der Waals surface area contributed by atoms with Gasteiger partial charge in [-0.05, 0) is 42.5 Å². The number of carbonyl (C=O) groups excluding carboxylic acids is 2. The molecule has 2 aromatic carbocycles. The van der Waals surface area contributed by atoms with Gasteiger partial charge in [0.1, 0.15) is 23.0 Å². The number of para-hydroxylation sites is 1. The van der Waals surface area contributed by atoms with Gasteiger partial charge in [-0.25, -0.2) is 9.37 Å². The second kappa shape index (κ2) is 8.49. The van der Waals surface area contributed by atoms with Crippen LogP contribution in [0.1, 0.15) is 21.0 Å². The van der Waals surface area contributed by atoms with E-state index in [1.807, 2.05) is 0 Å². The molecule has 0 spiro atoms. The molecule has 1 aromatic heterocycles. The van der Waals surface area contributed by atoms with Crippen molar-refractivity contribution in [2.24, 2.45) is 0 Å². The van der Waals surface area contributed by atoms with E-state index in [9.17, 15) is 14.0 Å². The molecule has 0 fully saturated rings. The zero-order chi connectivity index (χ0) is 20.1. The van der Waals surface area contributed by atoms with Crippen LogP contribution in [0.15, 0.2) is 60.7 Å². The first-order valence-electron chi connectivity index (χ1n) is 8.16. The third-order valence-electron chi connectivity index (χ3n) is 3.75. The lowest BCUT2D eigenvalue weighted by Gasteiger charge is -2.11. The Bertz CT molecular complexity index is 1040. The standard InChI is InChI=1S/C20H15ClFN3O3/c1-28-18-10-9-12(21)11-17(18)25-20(27)16-8-4-7-15(23-16)19(26)24-14-6-3-2-5-13(14)22/h2-11H,1H3,(H,24,26)(H,25,27). The van der Waals surface area contributed by atoms with Crippen molar-refractivity contribution in [1.29, 1.82) is 0 Å². The Morgan fingerprint density at radius 2 is 1.57 bits per heavy atom. The zero-order valence-electron chi connectivity index (χ0n) is 14.7. The molecule has 0 aliphatic carbocycles. The molecule has 2 amide bonds. The van der Waals surface area contributed by atoms with Gasteiger partial charge in [-0.15, -0.1) is 0 Å². The lowest BCUT2D eigenvalue weighted by Crippen LogP contribution is -2.19. The van der Waals surface area contributed by atoms with E-state index in [1.165, 1.54) is 49.6 Å². The lowest BCUT2D eigenvalue weighted by molar-refractivity contribution is 0.101. The molecule has 0 radical (unpaired) electrons. The number of benzene rings is 2. The molecule has 1 heterocycles. The number of amides is 2. The highest BCUT2D eigenvalue weighted by molar-refractivity contribution is 6.31. The van der Waals surface area contributed by atoms with Gasteiger partial charge in [0.15, 0.2) is 0 Å². The molecule has 0 aliphatic rings. The molecular weight excluding hydrogens is 385 g/mol. The Balaban J connectivity index is 1.79. The van der Waals surface area contributed by atoms with Crippen LogP contribution in [0.2, 0.25) is 5.02 Å². The minimum Gasteiger partial charge on any atom is -0.495 e. The van der Waals surface area contributed by atoms with Gasteiger partial charge in [0.05, 0.1) is 18.5 Å². The van der Waals surface area contributed by atoms with Crippen molar-refractivity contribution >= 4 is 34.8 Å². The van der Waals surface area contributed by atoms with Crippen molar-refractivity contribution in [3.05, 3.63) is 82.9 Å². The van der Waals surface area contributed by atoms with E-state index < -0.39 is 17.6 Å². The molecule has 6 nitrogen and oxygen atoms in total. The van der Waals surface area contributed by atoms with Crippen molar-refractivity contribution in [3.63, 3.8) is 0 Å². The molecule has 0 saturated heterocycles. The maximum Gasteiger partial charge on any atom is 0.274 e. The van der Waals surface area contributed by atoms with Gasteiger partial charge < -0.3 is 15.4 Å². The van der Waals surface area contributed by atoms with Gasteiger partial charge in [0, 0.05) is 5.02 Å². The van der Waals surface area contributed by atoms with Gasteiger partial charge in [0.25, 0.3) is 11.8 Å². The number of aromatic nitrogens is 1. The highest BCUT2D eigenvalue weighted by Crippen LogP contribution is 2.28. The van der Waals surface area contributed by atoms with Crippen molar-refractivity contribution in [1.82, 2.24) is 4.98 Å². The molecule has 3 aromatic rings. The van der Waals surface area contributed by atoms with E-state index in [4.69, 9.17) is 16.3 Å². The number of nitrogens with zero attached hydrogens (tertiary/aromatic N) is 1. The van der Waals surface area contributed by atoms with Gasteiger partial charge >= 0.3 is 0 Å². The molecule has 3 rings (SSSR count). The second-order valence-corrected chi connectivity index (χ2v) is 6.08. The fourth-order valence-corrected chi connectivity index (χ4v) is 2.57. The quantitative estimate of drug-likeness (QED) is 0.667. The SMILES string of the molecule is COc1ccc(Cl)cc1NC(=O)c1cccc(C(=O)Nc2ccccc2F)n1. The summed E-state index contributed by atoms with van der Waals surface area (Å²) in [6.07, 6.45) is 0. The molecular formula is C20H15ClFN3O3. The molecule has 0 bridgehead atoms. The average molecular weight is 400 g/mol. The summed E-state index contributed by atoms with van der Waals surface area (Å²) in [5.74, 6) is -1.34. The van der Waals surface area contributed by atoms with Crippen molar-refractivity contribution in [3.8, 4) is 5.75 Å². The number of hydrogen-bond acceptors (Lipinski definition) is 4. The van der Waals surface area contributed by atoms with Crippen LogP contribution in [0.5, 0.6) is 5.75 Å². The molecule has 0 atom stereocenters. The third kappa shape index (κ3) is 4.44. The number of hydrogen-bond donors (Lipinski definition) is 2. The van der Waals surface area contributed by atoms with Gasteiger partial charge in [-0.1, -0.05) is 29.8 Å². The van der Waals surface area contributed by atoms with Gasteiger partial charge in [-0.2, -0.15) is 0 Å². The summed E-state index contributed by atoms with van der Waals surface area (Å²) < 4.78 is 18.9. The second-order valence-electron chi connectivity index (χ2n) is 5.64. The average Bonchev–Trinajstić information content (AvgIpc) is 2.70. The summed E-state index contributed by atoms with van der Waals surface area (Å²) in [6, 6.07) is 14.9. The van der Waals surface area contributed by atoms with Gasteiger partial charge in [-0.3, -0.25) is 9.59 Å². The summed E-state index contributed by atoms with van der Waals surface area (Å²) in [6.45, 7) is 0.